The van der Waals surface area contributed by atoms with E-state index in [0.29, 0.717) is 17.4 Å². The lowest BCUT2D eigenvalue weighted by molar-refractivity contribution is 0.111. The molecule has 0 bridgehead atoms. The third-order valence-electron chi connectivity index (χ3n) is 5.79. The molecule has 0 amide bonds. The van der Waals surface area contributed by atoms with Gasteiger partial charge in [-0.15, -0.1) is 0 Å². The van der Waals surface area contributed by atoms with Crippen LogP contribution >= 0.6 is 0 Å². The number of aldehydes is 1. The van der Waals surface area contributed by atoms with Crippen molar-refractivity contribution in [3.05, 3.63) is 76.3 Å². The predicted octanol–water partition coefficient (Wildman–Crippen LogP) is 5.66. The summed E-state index contributed by atoms with van der Waals surface area (Å²) in [6.07, 6.45) is 5.32. The van der Waals surface area contributed by atoms with E-state index in [1.807, 2.05) is 6.07 Å². The number of nitrogens with zero attached hydrogens (tertiary/aromatic N) is 1. The number of aromatic nitrogens is 1. The van der Waals surface area contributed by atoms with E-state index >= 15 is 4.39 Å². The molecule has 0 saturated heterocycles. The summed E-state index contributed by atoms with van der Waals surface area (Å²) < 4.78 is 50.8. The van der Waals surface area contributed by atoms with Crippen LogP contribution in [0, 0.1) is 24.0 Å². The van der Waals surface area contributed by atoms with Crippen molar-refractivity contribution in [3.63, 3.8) is 0 Å². The summed E-state index contributed by atoms with van der Waals surface area (Å²) in [5, 5.41) is 10.1. The zero-order chi connectivity index (χ0) is 23.9. The maximum Gasteiger partial charge on any atom is 0.214 e. The molecule has 3 aromatic rings. The first-order valence-corrected chi connectivity index (χ1v) is 10.3. The summed E-state index contributed by atoms with van der Waals surface area (Å²) in [5.74, 6) is -2.94. The topological polar surface area (TPSA) is 66.6 Å². The molecule has 2 aromatic heterocycles. The zero-order valence-corrected chi connectivity index (χ0v) is 18.4. The molecule has 0 aliphatic heterocycles. The average molecular weight is 453 g/mol. The van der Waals surface area contributed by atoms with Crippen LogP contribution in [0.4, 0.5) is 13.2 Å². The number of ether oxygens (including phenoxy) is 1. The molecule has 1 aromatic carbocycles. The number of carbonyl (C=O) groups excluding carboxylic acids is 1. The number of aryl methyl sites for hydroxylation is 1. The van der Waals surface area contributed by atoms with Crippen molar-refractivity contribution >= 4 is 29.1 Å². The van der Waals surface area contributed by atoms with Crippen molar-refractivity contribution in [3.8, 4) is 11.1 Å². The standard InChI is InChI=1S/C25H22F3N3O2/c1-13-19-10-15(24(33-3)14-4-5-14)8-9-31(19)20(12-32)21(13)22-16(6-7-18(26)23(22)27)17(11-30-2)25(28)29/h6-12,29-30H,4-5H2,1-3H3/b17-11-,29-25?. The van der Waals surface area contributed by atoms with Crippen LogP contribution < -0.4 is 5.32 Å². The van der Waals surface area contributed by atoms with Crippen LogP contribution in [-0.4, -0.2) is 30.8 Å². The average Bonchev–Trinajstić information content (AvgIpc) is 3.59. The SMILES string of the molecule is CN/C=C(\C(=N)F)c1ccc(F)c(F)c1-c1c(C)c2cc(C(OC)=C3CC3)ccn2c1C=O. The van der Waals surface area contributed by atoms with E-state index in [2.05, 4.69) is 5.32 Å². The Kier molecular flexibility index (Phi) is 5.84. The Hall–Kier alpha value is -3.81. The molecule has 0 spiro atoms. The van der Waals surface area contributed by atoms with E-state index < -0.39 is 17.6 Å². The first-order chi connectivity index (χ1) is 15.8. The van der Waals surface area contributed by atoms with Gasteiger partial charge < -0.3 is 14.5 Å². The fraction of sp³-hybridized carbons (Fsp3) is 0.200. The Morgan fingerprint density at radius 2 is 1.94 bits per heavy atom. The van der Waals surface area contributed by atoms with Gasteiger partial charge in [-0.2, -0.15) is 4.39 Å². The minimum Gasteiger partial charge on any atom is -0.496 e. The molecule has 1 fully saturated rings. The highest BCUT2D eigenvalue weighted by molar-refractivity contribution is 6.19. The minimum absolute atomic E-state index is 0.0456. The molecule has 0 radical (unpaired) electrons. The maximum atomic E-state index is 15.2. The molecule has 2 N–H and O–H groups in total. The number of halogens is 3. The van der Waals surface area contributed by atoms with E-state index in [0.717, 1.165) is 30.2 Å². The summed E-state index contributed by atoms with van der Waals surface area (Å²) >= 11 is 0. The normalized spacial score (nSPS) is 13.3. The van der Waals surface area contributed by atoms with Gasteiger partial charge in [-0.3, -0.25) is 10.2 Å². The highest BCUT2D eigenvalue weighted by Gasteiger charge is 2.27. The number of benzene rings is 1. The van der Waals surface area contributed by atoms with Crippen LogP contribution in [0.2, 0.25) is 0 Å². The van der Waals surface area contributed by atoms with E-state index in [1.165, 1.54) is 24.9 Å². The van der Waals surface area contributed by atoms with Crippen LogP contribution in [0.15, 0.2) is 42.2 Å². The van der Waals surface area contributed by atoms with Gasteiger partial charge in [0.05, 0.1) is 18.4 Å². The molecule has 8 heteroatoms. The molecule has 170 valence electrons. The highest BCUT2D eigenvalue weighted by atomic mass is 19.2. The number of carbonyl (C=O) groups is 1. The summed E-state index contributed by atoms with van der Waals surface area (Å²) in [6, 6.07) is 5.69. The number of rotatable bonds is 7. The lowest BCUT2D eigenvalue weighted by Crippen LogP contribution is -2.06. The van der Waals surface area contributed by atoms with Crippen molar-refractivity contribution in [1.82, 2.24) is 9.72 Å². The Morgan fingerprint density at radius 3 is 2.52 bits per heavy atom. The maximum absolute atomic E-state index is 15.2. The Bertz CT molecular complexity index is 1360. The molecule has 0 atom stereocenters. The fourth-order valence-corrected chi connectivity index (χ4v) is 4.19. The molecule has 1 saturated carbocycles. The van der Waals surface area contributed by atoms with Crippen LogP contribution in [0.5, 0.6) is 0 Å². The number of pyridine rings is 1. The summed E-state index contributed by atoms with van der Waals surface area (Å²) in [6.45, 7) is 1.69. The number of methoxy groups -OCH3 is 1. The van der Waals surface area contributed by atoms with Crippen LogP contribution in [0.25, 0.3) is 28.0 Å². The predicted molar refractivity (Wildman–Crippen MR) is 122 cm³/mol. The van der Waals surface area contributed by atoms with Gasteiger partial charge in [0.2, 0.25) is 5.97 Å². The van der Waals surface area contributed by atoms with E-state index in [-0.39, 0.29) is 28.0 Å². The molecule has 1 aliphatic carbocycles. The largest absolute Gasteiger partial charge is 0.496 e. The first kappa shape index (κ1) is 22.4. The van der Waals surface area contributed by atoms with Crippen LogP contribution in [0.1, 0.15) is 40.0 Å². The minimum atomic E-state index is -1.33. The van der Waals surface area contributed by atoms with E-state index in [9.17, 15) is 13.6 Å². The molecule has 0 unspecified atom stereocenters. The molecule has 33 heavy (non-hydrogen) atoms. The van der Waals surface area contributed by atoms with Crippen molar-refractivity contribution in [2.45, 2.75) is 19.8 Å². The van der Waals surface area contributed by atoms with Gasteiger partial charge in [-0.05, 0) is 54.7 Å². The van der Waals surface area contributed by atoms with Gasteiger partial charge in [-0.1, -0.05) is 6.07 Å². The van der Waals surface area contributed by atoms with Crippen molar-refractivity contribution in [1.29, 1.82) is 5.41 Å². The number of allylic oxidation sites excluding steroid dienone is 2. The smallest absolute Gasteiger partial charge is 0.214 e. The lowest BCUT2D eigenvalue weighted by Gasteiger charge is -2.14. The van der Waals surface area contributed by atoms with Crippen molar-refractivity contribution in [2.75, 3.05) is 14.2 Å². The quantitative estimate of drug-likeness (QED) is 0.275. The fourth-order valence-electron chi connectivity index (χ4n) is 4.19. The molecular weight excluding hydrogens is 431 g/mol. The molecule has 1 aliphatic rings. The highest BCUT2D eigenvalue weighted by Crippen LogP contribution is 2.41. The van der Waals surface area contributed by atoms with Gasteiger partial charge in [0, 0.05) is 41.7 Å². The molecule has 5 nitrogen and oxygen atoms in total. The summed E-state index contributed by atoms with van der Waals surface area (Å²) in [4.78, 5) is 12.1. The lowest BCUT2D eigenvalue weighted by atomic mass is 9.91. The van der Waals surface area contributed by atoms with Gasteiger partial charge in [0.1, 0.15) is 5.76 Å². The van der Waals surface area contributed by atoms with Gasteiger partial charge in [-0.25, -0.2) is 8.78 Å². The second-order valence-corrected chi connectivity index (χ2v) is 7.76. The number of nitrogens with one attached hydrogen (secondary N) is 2. The first-order valence-electron chi connectivity index (χ1n) is 10.3. The second-order valence-electron chi connectivity index (χ2n) is 7.76. The summed E-state index contributed by atoms with van der Waals surface area (Å²) in [5.41, 5.74) is 2.74. The molecule has 2 heterocycles. The number of hydrogen-bond donors (Lipinski definition) is 2. The monoisotopic (exact) mass is 453 g/mol. The Labute approximate surface area is 188 Å². The third kappa shape index (κ3) is 3.71. The van der Waals surface area contributed by atoms with E-state index in [4.69, 9.17) is 10.1 Å². The molecule has 4 rings (SSSR count). The number of fused-ring (bicyclic) bond motifs is 1. The van der Waals surface area contributed by atoms with E-state index in [1.54, 1.807) is 30.7 Å². The van der Waals surface area contributed by atoms with Gasteiger partial charge in [0.15, 0.2) is 17.9 Å². The van der Waals surface area contributed by atoms with Crippen LogP contribution in [0.3, 0.4) is 0 Å². The van der Waals surface area contributed by atoms with Crippen molar-refractivity contribution in [2.24, 2.45) is 0 Å². The van der Waals surface area contributed by atoms with Crippen LogP contribution in [-0.2, 0) is 4.74 Å². The Balaban J connectivity index is 2.07. The zero-order valence-electron chi connectivity index (χ0n) is 18.4. The summed E-state index contributed by atoms with van der Waals surface area (Å²) in [7, 11) is 3.09. The second kappa shape index (κ2) is 8.61. The van der Waals surface area contributed by atoms with Crippen molar-refractivity contribution < 1.29 is 22.7 Å². The Morgan fingerprint density at radius 1 is 1.21 bits per heavy atom. The number of hydrogen-bond acceptors (Lipinski definition) is 4. The van der Waals surface area contributed by atoms with Gasteiger partial charge >= 0.3 is 0 Å². The third-order valence-corrected chi connectivity index (χ3v) is 5.79. The van der Waals surface area contributed by atoms with Gasteiger partial charge in [0.25, 0.3) is 0 Å². The molecular formula is C25H22F3N3O2.